The average Bonchev–Trinajstić information content (AvgIpc) is 3.29. The first kappa shape index (κ1) is 18.5. The van der Waals surface area contributed by atoms with E-state index in [2.05, 4.69) is 45.1 Å². The molecule has 0 unspecified atom stereocenters. The lowest BCUT2D eigenvalue weighted by molar-refractivity contribution is 0.0897. The predicted octanol–water partition coefficient (Wildman–Crippen LogP) is 4.43. The van der Waals surface area contributed by atoms with E-state index in [0.29, 0.717) is 5.92 Å². The van der Waals surface area contributed by atoms with Crippen molar-refractivity contribution in [2.75, 3.05) is 13.1 Å². The largest absolute Gasteiger partial charge is 0.463 e. The Morgan fingerprint density at radius 3 is 2.59 bits per heavy atom. The molecule has 0 atom stereocenters. The van der Waals surface area contributed by atoms with Crippen molar-refractivity contribution < 1.29 is 9.21 Å². The highest BCUT2D eigenvalue weighted by atomic mass is 16.3. The Morgan fingerprint density at radius 1 is 1.07 bits per heavy atom. The summed E-state index contributed by atoms with van der Waals surface area (Å²) in [5.74, 6) is 0.727. The van der Waals surface area contributed by atoms with Crippen LogP contribution < -0.4 is 5.32 Å². The minimum absolute atomic E-state index is 0.0391. The van der Waals surface area contributed by atoms with Crippen LogP contribution in [0, 0.1) is 5.92 Å². The molecule has 29 heavy (non-hydrogen) atoms. The van der Waals surface area contributed by atoms with Gasteiger partial charge in [0, 0.05) is 44.4 Å². The Bertz CT molecular complexity index is 963. The molecule has 1 N–H and O–H groups in total. The summed E-state index contributed by atoms with van der Waals surface area (Å²) in [5.41, 5.74) is 3.95. The van der Waals surface area contributed by atoms with Crippen LogP contribution in [0.1, 0.15) is 48.2 Å². The smallest absolute Gasteiger partial charge is 0.268 e. The Labute approximate surface area is 171 Å². The molecule has 2 fully saturated rings. The fourth-order valence-electron chi connectivity index (χ4n) is 4.63. The Balaban J connectivity index is 1.21. The molecule has 1 aromatic carbocycles. The van der Waals surface area contributed by atoms with Crippen LogP contribution in [0.2, 0.25) is 0 Å². The molecule has 1 saturated carbocycles. The van der Waals surface area contributed by atoms with E-state index in [0.717, 1.165) is 55.8 Å². The summed E-state index contributed by atoms with van der Waals surface area (Å²) in [6.45, 7) is 3.94. The van der Waals surface area contributed by atoms with Gasteiger partial charge in [-0.1, -0.05) is 36.8 Å². The van der Waals surface area contributed by atoms with Gasteiger partial charge in [-0.2, -0.15) is 0 Å². The van der Waals surface area contributed by atoms with Crippen molar-refractivity contribution >= 4 is 17.0 Å². The molecule has 0 bridgehead atoms. The Hall–Kier alpha value is -2.53. The van der Waals surface area contributed by atoms with Crippen molar-refractivity contribution in [3.8, 4) is 0 Å². The fourth-order valence-corrected chi connectivity index (χ4v) is 4.63. The molecule has 1 saturated heterocycles. The number of amides is 1. The second-order valence-corrected chi connectivity index (χ2v) is 8.62. The maximum Gasteiger partial charge on any atom is 0.268 e. The number of hydrogen-bond acceptors (Lipinski definition) is 3. The number of piperidine rings is 1. The fraction of sp³-hybridized carbons (Fsp3) is 0.458. The number of hydrogen-bond donors (Lipinski definition) is 1. The van der Waals surface area contributed by atoms with Crippen molar-refractivity contribution in [3.63, 3.8) is 0 Å². The van der Waals surface area contributed by atoms with E-state index < -0.39 is 0 Å². The van der Waals surface area contributed by atoms with Crippen LogP contribution in [-0.4, -0.2) is 34.5 Å². The Morgan fingerprint density at radius 2 is 1.86 bits per heavy atom. The van der Waals surface area contributed by atoms with Crippen LogP contribution in [0.15, 0.2) is 53.1 Å². The molecule has 1 aliphatic heterocycles. The molecular weight excluding hydrogens is 362 g/mol. The van der Waals surface area contributed by atoms with Crippen molar-refractivity contribution in [1.82, 2.24) is 14.8 Å². The monoisotopic (exact) mass is 391 g/mol. The summed E-state index contributed by atoms with van der Waals surface area (Å²) in [4.78, 5) is 15.6. The zero-order chi connectivity index (χ0) is 19.6. The number of benzene rings is 1. The van der Waals surface area contributed by atoms with Crippen LogP contribution in [0.3, 0.4) is 0 Å². The first-order chi connectivity index (χ1) is 14.3. The van der Waals surface area contributed by atoms with Gasteiger partial charge in [0.2, 0.25) is 0 Å². The lowest BCUT2D eigenvalue weighted by Gasteiger charge is -2.32. The normalized spacial score (nSPS) is 18.8. The second kappa shape index (κ2) is 8.07. The van der Waals surface area contributed by atoms with Gasteiger partial charge >= 0.3 is 0 Å². The summed E-state index contributed by atoms with van der Waals surface area (Å²) in [7, 11) is 0. The summed E-state index contributed by atoms with van der Waals surface area (Å²) in [5, 5.41) is 3.29. The van der Waals surface area contributed by atoms with E-state index in [-0.39, 0.29) is 11.9 Å². The van der Waals surface area contributed by atoms with Crippen molar-refractivity contribution in [3.05, 3.63) is 60.0 Å². The summed E-state index contributed by atoms with van der Waals surface area (Å²) < 4.78 is 7.74. The molecular formula is C24H29N3O2. The Kier molecular flexibility index (Phi) is 5.15. The first-order valence-corrected chi connectivity index (χ1v) is 10.9. The minimum atomic E-state index is 0.0391. The highest BCUT2D eigenvalue weighted by molar-refractivity contribution is 5.97. The van der Waals surface area contributed by atoms with Gasteiger partial charge in [-0.15, -0.1) is 0 Å². The molecule has 0 spiro atoms. The number of rotatable bonds is 6. The number of nitrogens with one attached hydrogen (secondary N) is 1. The molecule has 5 nitrogen and oxygen atoms in total. The van der Waals surface area contributed by atoms with Gasteiger partial charge in [0.15, 0.2) is 5.58 Å². The van der Waals surface area contributed by atoms with Gasteiger partial charge in [0.05, 0.1) is 11.8 Å². The van der Waals surface area contributed by atoms with E-state index in [1.807, 2.05) is 12.1 Å². The van der Waals surface area contributed by atoms with Crippen molar-refractivity contribution in [1.29, 1.82) is 0 Å². The van der Waals surface area contributed by atoms with Gasteiger partial charge in [-0.05, 0) is 37.2 Å². The highest BCUT2D eigenvalue weighted by Crippen LogP contribution is 2.31. The molecule has 1 aliphatic carbocycles. The highest BCUT2D eigenvalue weighted by Gasteiger charge is 2.26. The molecule has 1 amide bonds. The zero-order valence-electron chi connectivity index (χ0n) is 16.8. The maximum atomic E-state index is 13.1. The molecule has 5 heteroatoms. The minimum Gasteiger partial charge on any atom is -0.463 e. The van der Waals surface area contributed by atoms with Gasteiger partial charge in [-0.25, -0.2) is 0 Å². The number of fused-ring (bicyclic) bond motifs is 1. The molecule has 0 radical (unpaired) electrons. The average molecular weight is 392 g/mol. The van der Waals surface area contributed by atoms with E-state index >= 15 is 0 Å². The van der Waals surface area contributed by atoms with E-state index in [9.17, 15) is 4.79 Å². The standard InChI is InChI=1S/C24H29N3O2/c28-24(22-15-23-21(11-14-29-23)27(22)17-19-7-4-8-19)25-20-9-12-26(13-10-20)16-18-5-2-1-3-6-18/h1-3,5-6,11,14-15,19-20H,4,7-10,12-13,16-17H2,(H,25,28). The van der Waals surface area contributed by atoms with Crippen LogP contribution >= 0.6 is 0 Å². The second-order valence-electron chi connectivity index (χ2n) is 8.62. The van der Waals surface area contributed by atoms with E-state index in [1.165, 1.54) is 24.8 Å². The number of carbonyl (C=O) groups is 1. The quantitative estimate of drug-likeness (QED) is 0.676. The third kappa shape index (κ3) is 3.97. The number of likely N-dealkylation sites (tertiary alicyclic amines) is 1. The SMILES string of the molecule is O=C(NC1CCN(Cc2ccccc2)CC1)c1cc2occc2n1CC1CCC1. The predicted molar refractivity (Wildman–Crippen MR) is 114 cm³/mol. The number of nitrogens with zero attached hydrogens (tertiary/aromatic N) is 2. The number of aromatic nitrogens is 1. The summed E-state index contributed by atoms with van der Waals surface area (Å²) in [6, 6.07) is 14.7. The number of furan rings is 1. The first-order valence-electron chi connectivity index (χ1n) is 10.9. The molecule has 2 aromatic heterocycles. The van der Waals surface area contributed by atoms with Crippen LogP contribution in [0.5, 0.6) is 0 Å². The third-order valence-corrected chi connectivity index (χ3v) is 6.59. The molecule has 152 valence electrons. The van der Waals surface area contributed by atoms with E-state index in [1.54, 1.807) is 6.26 Å². The molecule has 5 rings (SSSR count). The lowest BCUT2D eigenvalue weighted by Crippen LogP contribution is -2.44. The molecule has 3 aromatic rings. The lowest BCUT2D eigenvalue weighted by atomic mass is 9.85. The molecule has 3 heterocycles. The van der Waals surface area contributed by atoms with E-state index in [4.69, 9.17) is 4.42 Å². The van der Waals surface area contributed by atoms with Crippen molar-refractivity contribution in [2.24, 2.45) is 5.92 Å². The van der Waals surface area contributed by atoms with Gasteiger partial charge in [-0.3, -0.25) is 9.69 Å². The molecule has 2 aliphatic rings. The van der Waals surface area contributed by atoms with Crippen molar-refractivity contribution in [2.45, 2.75) is 51.2 Å². The van der Waals surface area contributed by atoms with Gasteiger partial charge in [0.1, 0.15) is 5.69 Å². The maximum absolute atomic E-state index is 13.1. The zero-order valence-corrected chi connectivity index (χ0v) is 16.8. The third-order valence-electron chi connectivity index (χ3n) is 6.59. The van der Waals surface area contributed by atoms with Crippen LogP contribution in [-0.2, 0) is 13.1 Å². The van der Waals surface area contributed by atoms with Crippen LogP contribution in [0.25, 0.3) is 11.1 Å². The van der Waals surface area contributed by atoms with Gasteiger partial charge < -0.3 is 14.3 Å². The van der Waals surface area contributed by atoms with Crippen LogP contribution in [0.4, 0.5) is 0 Å². The van der Waals surface area contributed by atoms with Gasteiger partial charge in [0.25, 0.3) is 5.91 Å². The number of carbonyl (C=O) groups excluding carboxylic acids is 1. The topological polar surface area (TPSA) is 50.4 Å². The summed E-state index contributed by atoms with van der Waals surface area (Å²) >= 11 is 0. The summed E-state index contributed by atoms with van der Waals surface area (Å²) in [6.07, 6.45) is 7.54.